The number of nitrogens with one attached hydrogen (secondary N) is 1. The van der Waals surface area contributed by atoms with Gasteiger partial charge in [-0.25, -0.2) is 8.42 Å². The maximum atomic E-state index is 12.7. The molecule has 1 N–H and O–H groups in total. The predicted octanol–water partition coefficient (Wildman–Crippen LogP) is 3.90. The van der Waals surface area contributed by atoms with Crippen LogP contribution in [0.25, 0.3) is 0 Å². The number of hydrogen-bond donors (Lipinski definition) is 1. The van der Waals surface area contributed by atoms with Gasteiger partial charge < -0.3 is 0 Å². The summed E-state index contributed by atoms with van der Waals surface area (Å²) < 4.78 is 28.0. The predicted molar refractivity (Wildman–Crippen MR) is 114 cm³/mol. The van der Waals surface area contributed by atoms with E-state index in [0.29, 0.717) is 22.4 Å². The highest BCUT2D eigenvalue weighted by Gasteiger charge is 2.34. The molecule has 1 heterocycles. The third-order valence-electron chi connectivity index (χ3n) is 4.93. The van der Waals surface area contributed by atoms with Gasteiger partial charge in [-0.1, -0.05) is 30.3 Å². The quantitative estimate of drug-likeness (QED) is 0.635. The van der Waals surface area contributed by atoms with Crippen LogP contribution in [0.4, 0.5) is 5.69 Å². The van der Waals surface area contributed by atoms with Gasteiger partial charge in [-0.2, -0.15) is 0 Å². The molecule has 0 aliphatic carbocycles. The number of carbonyl (C=O) groups excluding carboxylic acids is 2. The number of nitrogens with zero attached hydrogens (tertiary/aromatic N) is 1. The van der Waals surface area contributed by atoms with Gasteiger partial charge in [0.1, 0.15) is 0 Å². The van der Waals surface area contributed by atoms with E-state index in [-0.39, 0.29) is 23.3 Å². The van der Waals surface area contributed by atoms with Gasteiger partial charge in [-0.3, -0.25) is 19.2 Å². The lowest BCUT2D eigenvalue weighted by Gasteiger charge is -2.14. The van der Waals surface area contributed by atoms with Crippen LogP contribution in [-0.4, -0.2) is 25.1 Å². The topological polar surface area (TPSA) is 83.6 Å². The Balaban J connectivity index is 1.52. The lowest BCUT2D eigenvalue weighted by molar-refractivity contribution is 0.0642. The van der Waals surface area contributed by atoms with E-state index >= 15 is 0 Å². The summed E-state index contributed by atoms with van der Waals surface area (Å²) in [7, 11) is -3.75. The van der Waals surface area contributed by atoms with Gasteiger partial charge in [0.2, 0.25) is 0 Å². The molecule has 0 spiro atoms. The lowest BCUT2D eigenvalue weighted by Crippen LogP contribution is -2.29. The minimum Gasteiger partial charge on any atom is -0.280 e. The number of benzene rings is 3. The Morgan fingerprint density at radius 2 is 1.33 bits per heavy atom. The van der Waals surface area contributed by atoms with Gasteiger partial charge in [0.05, 0.1) is 22.6 Å². The Labute approximate surface area is 175 Å². The summed E-state index contributed by atoms with van der Waals surface area (Å²) in [6.45, 7) is 3.88. The van der Waals surface area contributed by atoms with Crippen LogP contribution in [0.5, 0.6) is 0 Å². The minimum atomic E-state index is -3.75. The Morgan fingerprint density at radius 1 is 0.800 bits per heavy atom. The summed E-state index contributed by atoms with van der Waals surface area (Å²) in [6.07, 6.45) is 0. The average molecular weight is 420 g/mol. The van der Waals surface area contributed by atoms with Gasteiger partial charge in [-0.15, -0.1) is 0 Å². The molecule has 6 nitrogen and oxygen atoms in total. The number of amides is 2. The molecule has 0 atom stereocenters. The Bertz CT molecular complexity index is 1210. The monoisotopic (exact) mass is 420 g/mol. The molecule has 0 saturated carbocycles. The van der Waals surface area contributed by atoms with Crippen molar-refractivity contribution in [3.8, 4) is 0 Å². The van der Waals surface area contributed by atoms with E-state index in [1.165, 1.54) is 17.0 Å². The maximum Gasteiger partial charge on any atom is 0.261 e. The number of rotatable bonds is 5. The number of imide groups is 1. The van der Waals surface area contributed by atoms with Crippen molar-refractivity contribution in [3.63, 3.8) is 0 Å². The summed E-state index contributed by atoms with van der Waals surface area (Å²) >= 11 is 0. The third kappa shape index (κ3) is 3.71. The smallest absolute Gasteiger partial charge is 0.261 e. The van der Waals surface area contributed by atoms with E-state index in [4.69, 9.17) is 0 Å². The molecular formula is C23H20N2O4S. The van der Waals surface area contributed by atoms with Crippen LogP contribution in [0, 0.1) is 13.8 Å². The molecule has 0 unspecified atom stereocenters. The van der Waals surface area contributed by atoms with Crippen molar-refractivity contribution in [2.24, 2.45) is 0 Å². The summed E-state index contributed by atoms with van der Waals surface area (Å²) in [5.74, 6) is -0.687. The molecule has 1 aliphatic heterocycles. The molecule has 1 aliphatic rings. The van der Waals surface area contributed by atoms with Gasteiger partial charge in [0.25, 0.3) is 21.8 Å². The van der Waals surface area contributed by atoms with Gasteiger partial charge in [-0.05, 0) is 66.9 Å². The summed E-state index contributed by atoms with van der Waals surface area (Å²) in [5, 5.41) is 0. The molecule has 3 aromatic carbocycles. The maximum absolute atomic E-state index is 12.7. The second-order valence-corrected chi connectivity index (χ2v) is 9.05. The van der Waals surface area contributed by atoms with Gasteiger partial charge in [0.15, 0.2) is 0 Å². The standard InChI is InChI=1S/C23H20N2O4S/c1-15-11-16(2)13-18(12-15)24-30(28,29)19-9-7-17(8-10-19)14-25-22(26)20-5-3-4-6-21(20)23(25)27/h3-13,24H,14H2,1-2H3. The van der Waals surface area contributed by atoms with E-state index in [2.05, 4.69) is 4.72 Å². The number of hydrogen-bond acceptors (Lipinski definition) is 4. The highest BCUT2D eigenvalue weighted by atomic mass is 32.2. The van der Waals surface area contributed by atoms with E-state index in [1.807, 2.05) is 19.9 Å². The normalized spacial score (nSPS) is 13.5. The largest absolute Gasteiger partial charge is 0.280 e. The third-order valence-corrected chi connectivity index (χ3v) is 6.32. The van der Waals surface area contributed by atoms with Crippen LogP contribution in [0.2, 0.25) is 0 Å². The van der Waals surface area contributed by atoms with Crippen molar-refractivity contribution in [1.82, 2.24) is 4.90 Å². The van der Waals surface area contributed by atoms with Crippen LogP contribution in [-0.2, 0) is 16.6 Å². The molecular weight excluding hydrogens is 400 g/mol. The van der Waals surface area contributed by atoms with Crippen LogP contribution in [0.15, 0.2) is 71.6 Å². The van der Waals surface area contributed by atoms with Crippen molar-refractivity contribution in [3.05, 3.63) is 94.5 Å². The molecule has 0 aromatic heterocycles. The zero-order valence-electron chi connectivity index (χ0n) is 16.5. The average Bonchev–Trinajstić information content (AvgIpc) is 2.92. The SMILES string of the molecule is Cc1cc(C)cc(NS(=O)(=O)c2ccc(CN3C(=O)c4ccccc4C3=O)cc2)c1. The first kappa shape index (κ1) is 19.8. The zero-order chi connectivity index (χ0) is 21.5. The van der Waals surface area contributed by atoms with Crippen molar-refractivity contribution in [1.29, 1.82) is 0 Å². The fraction of sp³-hybridized carbons (Fsp3) is 0.130. The van der Waals surface area contributed by atoms with Crippen LogP contribution < -0.4 is 4.72 Å². The Hall–Kier alpha value is -3.45. The molecule has 0 saturated heterocycles. The first-order valence-corrected chi connectivity index (χ1v) is 10.9. The summed E-state index contributed by atoms with van der Waals surface area (Å²) in [6, 6.07) is 18.4. The van der Waals surface area contributed by atoms with Crippen LogP contribution >= 0.6 is 0 Å². The van der Waals surface area contributed by atoms with E-state index in [1.54, 1.807) is 48.5 Å². The van der Waals surface area contributed by atoms with Crippen LogP contribution in [0.3, 0.4) is 0 Å². The van der Waals surface area contributed by atoms with E-state index in [9.17, 15) is 18.0 Å². The molecule has 0 bridgehead atoms. The summed E-state index contributed by atoms with van der Waals surface area (Å²) in [5.41, 5.74) is 3.86. The van der Waals surface area contributed by atoms with Crippen molar-refractivity contribution >= 4 is 27.5 Å². The lowest BCUT2D eigenvalue weighted by atomic mass is 10.1. The summed E-state index contributed by atoms with van der Waals surface area (Å²) in [4.78, 5) is 26.3. The molecule has 0 fully saturated rings. The first-order valence-electron chi connectivity index (χ1n) is 9.40. The molecule has 4 rings (SSSR count). The molecule has 152 valence electrons. The number of anilines is 1. The Kier molecular flexibility index (Phi) is 4.91. The van der Waals surface area contributed by atoms with E-state index in [0.717, 1.165) is 11.1 Å². The number of aryl methyl sites for hydroxylation is 2. The second kappa shape index (κ2) is 7.42. The number of sulfonamides is 1. The van der Waals surface area contributed by atoms with Gasteiger partial charge in [0, 0.05) is 5.69 Å². The molecule has 3 aromatic rings. The van der Waals surface area contributed by atoms with Crippen molar-refractivity contribution in [2.45, 2.75) is 25.3 Å². The highest BCUT2D eigenvalue weighted by molar-refractivity contribution is 7.92. The van der Waals surface area contributed by atoms with Crippen molar-refractivity contribution < 1.29 is 18.0 Å². The highest BCUT2D eigenvalue weighted by Crippen LogP contribution is 2.25. The van der Waals surface area contributed by atoms with Gasteiger partial charge >= 0.3 is 0 Å². The fourth-order valence-corrected chi connectivity index (χ4v) is 4.63. The second-order valence-electron chi connectivity index (χ2n) is 7.37. The molecule has 0 radical (unpaired) electrons. The van der Waals surface area contributed by atoms with Crippen LogP contribution in [0.1, 0.15) is 37.4 Å². The molecule has 2 amide bonds. The number of carbonyl (C=O) groups is 2. The first-order chi connectivity index (χ1) is 14.2. The Morgan fingerprint density at radius 3 is 1.87 bits per heavy atom. The molecule has 30 heavy (non-hydrogen) atoms. The number of fused-ring (bicyclic) bond motifs is 1. The zero-order valence-corrected chi connectivity index (χ0v) is 17.4. The fourth-order valence-electron chi connectivity index (χ4n) is 3.59. The minimum absolute atomic E-state index is 0.0805. The molecule has 7 heteroatoms. The van der Waals surface area contributed by atoms with Crippen molar-refractivity contribution in [2.75, 3.05) is 4.72 Å². The van der Waals surface area contributed by atoms with E-state index < -0.39 is 10.0 Å².